The second-order valence-electron chi connectivity index (χ2n) is 6.32. The Morgan fingerprint density at radius 2 is 2.32 bits per heavy atom. The summed E-state index contributed by atoms with van der Waals surface area (Å²) >= 11 is 0. The van der Waals surface area contributed by atoms with Crippen molar-refractivity contribution in [1.82, 2.24) is 10.2 Å². The number of carbonyl (C=O) groups excluding carboxylic acids is 2. The summed E-state index contributed by atoms with van der Waals surface area (Å²) in [6.07, 6.45) is 3.00. The maximum Gasteiger partial charge on any atom is 0.251 e. The number of ether oxygens (including phenoxy) is 3. The van der Waals surface area contributed by atoms with E-state index in [9.17, 15) is 9.59 Å². The van der Waals surface area contributed by atoms with Gasteiger partial charge in [-0.3, -0.25) is 9.59 Å². The van der Waals surface area contributed by atoms with E-state index in [1.807, 2.05) is 4.90 Å². The van der Waals surface area contributed by atoms with Crippen LogP contribution in [0.25, 0.3) is 0 Å². The number of likely N-dealkylation sites (N-methyl/N-ethyl adjacent to an activating group) is 1. The van der Waals surface area contributed by atoms with Crippen molar-refractivity contribution in [2.24, 2.45) is 0 Å². The molecule has 3 saturated heterocycles. The van der Waals surface area contributed by atoms with Crippen molar-refractivity contribution < 1.29 is 23.8 Å². The molecule has 3 rings (SSSR count). The molecule has 124 valence electrons. The molecule has 0 bridgehead atoms. The van der Waals surface area contributed by atoms with E-state index >= 15 is 0 Å². The summed E-state index contributed by atoms with van der Waals surface area (Å²) in [6.45, 7) is 2.53. The first-order valence-electron chi connectivity index (χ1n) is 7.98. The van der Waals surface area contributed by atoms with Gasteiger partial charge in [0.1, 0.15) is 12.7 Å². The van der Waals surface area contributed by atoms with Crippen LogP contribution in [0.3, 0.4) is 0 Å². The fourth-order valence-electron chi connectivity index (χ4n) is 3.47. The van der Waals surface area contributed by atoms with E-state index < -0.39 is 0 Å². The first-order chi connectivity index (χ1) is 10.6. The van der Waals surface area contributed by atoms with E-state index in [1.54, 1.807) is 7.05 Å². The SMILES string of the molecule is CNC(=O)COC1COC2(CCN(C(=O)C3CCCO3)C2)C1. The second-order valence-corrected chi connectivity index (χ2v) is 6.32. The summed E-state index contributed by atoms with van der Waals surface area (Å²) in [4.78, 5) is 25.5. The van der Waals surface area contributed by atoms with Crippen LogP contribution in [0, 0.1) is 0 Å². The van der Waals surface area contributed by atoms with Gasteiger partial charge in [-0.05, 0) is 19.3 Å². The van der Waals surface area contributed by atoms with Gasteiger partial charge in [0, 0.05) is 33.2 Å². The number of nitrogens with one attached hydrogen (secondary N) is 1. The van der Waals surface area contributed by atoms with Crippen molar-refractivity contribution in [3.8, 4) is 0 Å². The summed E-state index contributed by atoms with van der Waals surface area (Å²) in [5, 5.41) is 2.53. The summed E-state index contributed by atoms with van der Waals surface area (Å²) in [5.41, 5.74) is -0.304. The van der Waals surface area contributed by atoms with E-state index in [2.05, 4.69) is 5.32 Å². The van der Waals surface area contributed by atoms with Gasteiger partial charge < -0.3 is 24.4 Å². The molecule has 0 aromatic rings. The number of hydrogen-bond acceptors (Lipinski definition) is 5. The largest absolute Gasteiger partial charge is 0.370 e. The fraction of sp³-hybridized carbons (Fsp3) is 0.867. The van der Waals surface area contributed by atoms with Crippen LogP contribution in [0.2, 0.25) is 0 Å². The van der Waals surface area contributed by atoms with Crippen molar-refractivity contribution in [1.29, 1.82) is 0 Å². The molecule has 0 aromatic carbocycles. The lowest BCUT2D eigenvalue weighted by molar-refractivity contribution is -0.140. The van der Waals surface area contributed by atoms with Crippen molar-refractivity contribution in [2.75, 3.05) is 40.0 Å². The molecule has 0 aliphatic carbocycles. The highest BCUT2D eigenvalue weighted by atomic mass is 16.6. The minimum atomic E-state index is -0.304. The molecule has 7 nitrogen and oxygen atoms in total. The van der Waals surface area contributed by atoms with Gasteiger partial charge in [-0.2, -0.15) is 0 Å². The van der Waals surface area contributed by atoms with Crippen LogP contribution < -0.4 is 5.32 Å². The summed E-state index contributed by atoms with van der Waals surface area (Å²) in [5.74, 6) is -0.0461. The van der Waals surface area contributed by atoms with Crippen molar-refractivity contribution in [2.45, 2.75) is 43.5 Å². The Morgan fingerprint density at radius 3 is 3.05 bits per heavy atom. The molecule has 1 N–H and O–H groups in total. The molecule has 3 aliphatic heterocycles. The Morgan fingerprint density at radius 1 is 1.45 bits per heavy atom. The van der Waals surface area contributed by atoms with Gasteiger partial charge in [0.2, 0.25) is 5.91 Å². The van der Waals surface area contributed by atoms with Gasteiger partial charge in [0.25, 0.3) is 5.91 Å². The lowest BCUT2D eigenvalue weighted by atomic mass is 9.98. The predicted molar refractivity (Wildman–Crippen MR) is 77.3 cm³/mol. The number of carbonyl (C=O) groups is 2. The molecule has 0 radical (unpaired) electrons. The molecule has 3 atom stereocenters. The first kappa shape index (κ1) is 15.7. The van der Waals surface area contributed by atoms with Crippen molar-refractivity contribution in [3.05, 3.63) is 0 Å². The molecule has 7 heteroatoms. The van der Waals surface area contributed by atoms with E-state index in [0.29, 0.717) is 26.3 Å². The van der Waals surface area contributed by atoms with E-state index in [4.69, 9.17) is 14.2 Å². The molecule has 3 fully saturated rings. The fourth-order valence-corrected chi connectivity index (χ4v) is 3.47. The third-order valence-corrected chi connectivity index (χ3v) is 4.74. The Hall–Kier alpha value is -1.18. The molecular formula is C15H24N2O5. The van der Waals surface area contributed by atoms with Gasteiger partial charge in [-0.1, -0.05) is 0 Å². The van der Waals surface area contributed by atoms with Crippen molar-refractivity contribution >= 4 is 11.8 Å². The maximum atomic E-state index is 12.4. The Balaban J connectivity index is 1.49. The minimum absolute atomic E-state index is 0.0547. The van der Waals surface area contributed by atoms with Crippen LogP contribution in [0.1, 0.15) is 25.7 Å². The average molecular weight is 312 g/mol. The molecule has 0 aromatic heterocycles. The lowest BCUT2D eigenvalue weighted by Crippen LogP contribution is -2.40. The molecule has 3 unspecified atom stereocenters. The molecular weight excluding hydrogens is 288 g/mol. The van der Waals surface area contributed by atoms with Crippen LogP contribution in [0.5, 0.6) is 0 Å². The van der Waals surface area contributed by atoms with E-state index in [1.165, 1.54) is 0 Å². The third-order valence-electron chi connectivity index (χ3n) is 4.74. The van der Waals surface area contributed by atoms with Crippen LogP contribution in [0.15, 0.2) is 0 Å². The maximum absolute atomic E-state index is 12.4. The Kier molecular flexibility index (Phi) is 4.65. The molecule has 3 heterocycles. The van der Waals surface area contributed by atoms with Crippen LogP contribution in [-0.4, -0.2) is 74.5 Å². The normalized spacial score (nSPS) is 34.5. The minimum Gasteiger partial charge on any atom is -0.370 e. The number of amides is 2. The number of rotatable bonds is 4. The molecule has 3 aliphatic rings. The third kappa shape index (κ3) is 3.26. The van der Waals surface area contributed by atoms with Crippen LogP contribution >= 0.6 is 0 Å². The zero-order chi connectivity index (χ0) is 15.6. The van der Waals surface area contributed by atoms with Crippen LogP contribution in [-0.2, 0) is 23.8 Å². The number of nitrogens with zero attached hydrogens (tertiary/aromatic N) is 1. The van der Waals surface area contributed by atoms with E-state index in [0.717, 1.165) is 25.7 Å². The number of hydrogen-bond donors (Lipinski definition) is 1. The average Bonchev–Trinajstić information content (AvgIpc) is 3.26. The lowest BCUT2D eigenvalue weighted by Gasteiger charge is -2.24. The smallest absolute Gasteiger partial charge is 0.251 e. The molecule has 0 saturated carbocycles. The van der Waals surface area contributed by atoms with Gasteiger partial charge in [-0.25, -0.2) is 0 Å². The van der Waals surface area contributed by atoms with Gasteiger partial charge in [0.05, 0.1) is 18.3 Å². The van der Waals surface area contributed by atoms with Crippen molar-refractivity contribution in [3.63, 3.8) is 0 Å². The van der Waals surface area contributed by atoms with Crippen LogP contribution in [0.4, 0.5) is 0 Å². The zero-order valence-corrected chi connectivity index (χ0v) is 13.0. The Bertz CT molecular complexity index is 438. The predicted octanol–water partition coefficient (Wildman–Crippen LogP) is -0.312. The van der Waals surface area contributed by atoms with Gasteiger partial charge in [-0.15, -0.1) is 0 Å². The van der Waals surface area contributed by atoms with Gasteiger partial charge in [0.15, 0.2) is 0 Å². The monoisotopic (exact) mass is 312 g/mol. The van der Waals surface area contributed by atoms with E-state index in [-0.39, 0.29) is 36.2 Å². The first-order valence-corrected chi connectivity index (χ1v) is 7.98. The summed E-state index contributed by atoms with van der Waals surface area (Å²) in [7, 11) is 1.59. The summed E-state index contributed by atoms with van der Waals surface area (Å²) < 4.78 is 17.0. The zero-order valence-electron chi connectivity index (χ0n) is 13.0. The highest BCUT2D eigenvalue weighted by Crippen LogP contribution is 2.36. The molecule has 22 heavy (non-hydrogen) atoms. The quantitative estimate of drug-likeness (QED) is 0.770. The highest BCUT2D eigenvalue weighted by Gasteiger charge is 2.48. The molecule has 2 amide bonds. The molecule has 1 spiro atoms. The highest BCUT2D eigenvalue weighted by molar-refractivity contribution is 5.81. The number of likely N-dealkylation sites (tertiary alicyclic amines) is 1. The summed E-state index contributed by atoms with van der Waals surface area (Å²) in [6, 6.07) is 0. The van der Waals surface area contributed by atoms with Gasteiger partial charge >= 0.3 is 0 Å². The second kappa shape index (κ2) is 6.52. The Labute approximate surface area is 130 Å². The standard InChI is InChI=1S/C15H24N2O5/c1-16-13(18)9-21-11-7-15(22-8-11)4-5-17(10-15)14(19)12-3-2-6-20-12/h11-12H,2-10H2,1H3,(H,16,18). The topological polar surface area (TPSA) is 77.1 Å².